The van der Waals surface area contributed by atoms with E-state index in [2.05, 4.69) is 0 Å². The molecule has 1 aliphatic rings. The molecule has 0 aromatic carbocycles. The molecular weight excluding hydrogens is 74.1 g/mol. The highest BCUT2D eigenvalue weighted by molar-refractivity contribution is 4.67. The van der Waals surface area contributed by atoms with Crippen LogP contribution in [0.15, 0.2) is 0 Å². The van der Waals surface area contributed by atoms with Crippen molar-refractivity contribution in [3.8, 4) is 0 Å². The van der Waals surface area contributed by atoms with Crippen molar-refractivity contribution in [1.29, 1.82) is 0 Å². The van der Waals surface area contributed by atoms with Crippen molar-refractivity contribution < 1.29 is 13.7 Å². The van der Waals surface area contributed by atoms with Gasteiger partial charge in [0.25, 0.3) is 0 Å². The SMILES string of the molecule is [2H]C([2H])([2H])C1([2H])NC([2H])([2H])C([2H])([2H])C1([2H])[2H]. The molecule has 6 heavy (non-hydrogen) atoms. The summed E-state index contributed by atoms with van der Waals surface area (Å²) in [7, 11) is 0. The maximum absolute atomic E-state index is 7.52. The van der Waals surface area contributed by atoms with E-state index in [9.17, 15) is 0 Å². The van der Waals surface area contributed by atoms with E-state index in [1.54, 1.807) is 5.32 Å². The fourth-order valence-electron chi connectivity index (χ4n) is 0.219. The number of rotatable bonds is 0. The Morgan fingerprint density at radius 2 is 3.33 bits per heavy atom. The van der Waals surface area contributed by atoms with Crippen LogP contribution < -0.4 is 5.32 Å². The van der Waals surface area contributed by atoms with Crippen molar-refractivity contribution in [2.45, 2.75) is 25.6 Å². The minimum Gasteiger partial charge on any atom is -0.314 e. The molecule has 0 amide bonds. The van der Waals surface area contributed by atoms with Crippen LogP contribution in [0.3, 0.4) is 0 Å². The maximum Gasteiger partial charge on any atom is 0.0462 e. The quantitative estimate of drug-likeness (QED) is 0.468. The Hall–Kier alpha value is -0.0400. The summed E-state index contributed by atoms with van der Waals surface area (Å²) in [5.41, 5.74) is 0. The molecule has 0 radical (unpaired) electrons. The van der Waals surface area contributed by atoms with Crippen molar-refractivity contribution in [3.63, 3.8) is 0 Å². The zero-order valence-electron chi connectivity index (χ0n) is 13.0. The number of hydrogen-bond acceptors (Lipinski definition) is 1. The monoisotopic (exact) mass is 95.2 g/mol. The van der Waals surface area contributed by atoms with E-state index in [4.69, 9.17) is 13.7 Å². The van der Waals surface area contributed by atoms with Crippen molar-refractivity contribution in [2.24, 2.45) is 0 Å². The van der Waals surface area contributed by atoms with E-state index in [1.807, 2.05) is 0 Å². The molecule has 1 saturated heterocycles. The first-order valence-electron chi connectivity index (χ1n) is 6.50. The lowest BCUT2D eigenvalue weighted by Crippen LogP contribution is -2.16. The first-order valence-corrected chi connectivity index (χ1v) is 1.50. The summed E-state index contributed by atoms with van der Waals surface area (Å²) in [6.07, 6.45) is -6.30. The summed E-state index contributed by atoms with van der Waals surface area (Å²) in [5, 5.41) is 1.61. The zero-order valence-corrected chi connectivity index (χ0v) is 3.00. The number of nitrogens with one attached hydrogen (secondary N) is 1. The van der Waals surface area contributed by atoms with Gasteiger partial charge in [0.2, 0.25) is 0 Å². The molecule has 1 atom stereocenters. The molecule has 1 nitrogen and oxygen atoms in total. The van der Waals surface area contributed by atoms with Gasteiger partial charge in [0, 0.05) is 19.7 Å². The topological polar surface area (TPSA) is 12.0 Å². The fourth-order valence-corrected chi connectivity index (χ4v) is 0.219. The van der Waals surface area contributed by atoms with Gasteiger partial charge >= 0.3 is 0 Å². The average molecular weight is 95.2 g/mol. The van der Waals surface area contributed by atoms with Crippen molar-refractivity contribution in [2.75, 3.05) is 6.50 Å². The van der Waals surface area contributed by atoms with Crippen LogP contribution in [0.1, 0.15) is 33.3 Å². The smallest absolute Gasteiger partial charge is 0.0462 e. The molecule has 1 N–H and O–H groups in total. The molecule has 0 bridgehead atoms. The second-order valence-corrected chi connectivity index (χ2v) is 0.875. The first kappa shape index (κ1) is 0.576. The molecule has 1 heterocycles. The van der Waals surface area contributed by atoms with E-state index in [0.29, 0.717) is 0 Å². The van der Waals surface area contributed by atoms with E-state index in [1.165, 1.54) is 0 Å². The Morgan fingerprint density at radius 3 is 3.67 bits per heavy atom. The van der Waals surface area contributed by atoms with E-state index < -0.39 is 32.1 Å². The molecule has 0 aromatic rings. The third-order valence-electron chi connectivity index (χ3n) is 0.438. The predicted molar refractivity (Wildman–Crippen MR) is 26.7 cm³/mol. The Morgan fingerprint density at radius 1 is 2.33 bits per heavy atom. The second kappa shape index (κ2) is 1.61. The van der Waals surface area contributed by atoms with Crippen molar-refractivity contribution in [3.05, 3.63) is 0 Å². The van der Waals surface area contributed by atoms with Crippen LogP contribution in [0.4, 0.5) is 0 Å². The van der Waals surface area contributed by atoms with Gasteiger partial charge in [-0.2, -0.15) is 0 Å². The van der Waals surface area contributed by atoms with Crippen LogP contribution in [0.5, 0.6) is 0 Å². The summed E-state index contributed by atoms with van der Waals surface area (Å²) in [6, 6.07) is -3.02. The Kier molecular flexibility index (Phi) is 0.154. The molecule has 0 aliphatic carbocycles. The van der Waals surface area contributed by atoms with Gasteiger partial charge in [0.05, 0.1) is 0 Å². The highest BCUT2D eigenvalue weighted by atomic mass is 14.9. The zero-order chi connectivity index (χ0) is 13.2. The lowest BCUT2D eigenvalue weighted by atomic mass is 10.3. The van der Waals surface area contributed by atoms with Crippen LogP contribution in [0.25, 0.3) is 0 Å². The van der Waals surface area contributed by atoms with Gasteiger partial charge in [-0.25, -0.2) is 0 Å². The summed E-state index contributed by atoms with van der Waals surface area (Å²) in [6.45, 7) is -6.11. The molecular formula is C5H11N. The predicted octanol–water partition coefficient (Wildman–Crippen LogP) is 0.758. The Bertz CT molecular complexity index is 305. The van der Waals surface area contributed by atoms with E-state index in [-0.39, 0.29) is 0 Å². The molecule has 1 fully saturated rings. The van der Waals surface area contributed by atoms with Crippen LogP contribution in [0.2, 0.25) is 0 Å². The summed E-state index contributed by atoms with van der Waals surface area (Å²) >= 11 is 0. The van der Waals surface area contributed by atoms with Crippen molar-refractivity contribution in [1.82, 2.24) is 5.32 Å². The van der Waals surface area contributed by atoms with Crippen molar-refractivity contribution >= 4 is 0 Å². The van der Waals surface area contributed by atoms with Gasteiger partial charge in [-0.1, -0.05) is 0 Å². The molecule has 36 valence electrons. The minimum absolute atomic E-state index is 1.61. The minimum atomic E-state index is -3.19. The average Bonchev–Trinajstić information content (AvgIpc) is 2.07. The van der Waals surface area contributed by atoms with Gasteiger partial charge < -0.3 is 5.32 Å². The van der Waals surface area contributed by atoms with Crippen LogP contribution in [0, 0.1) is 0 Å². The fraction of sp³-hybridized carbons (Fsp3) is 1.00. The third kappa shape index (κ3) is 0.716. The lowest BCUT2D eigenvalue weighted by molar-refractivity contribution is 0.664. The van der Waals surface area contributed by atoms with Crippen LogP contribution in [-0.4, -0.2) is 12.5 Å². The maximum atomic E-state index is 7.52. The van der Waals surface area contributed by atoms with E-state index >= 15 is 0 Å². The lowest BCUT2D eigenvalue weighted by Gasteiger charge is -1.95. The van der Waals surface area contributed by atoms with Crippen LogP contribution >= 0.6 is 0 Å². The Labute approximate surface area is 52.8 Å². The Balaban J connectivity index is 3.41. The standard InChI is InChI=1S/C5H11N/c1-5-3-2-4-6-5/h5-6H,2-4H2,1H3/i1D3,2D2,3D2,4D2,5D. The third-order valence-corrected chi connectivity index (χ3v) is 0.438. The molecule has 0 spiro atoms. The summed E-state index contributed by atoms with van der Waals surface area (Å²) in [4.78, 5) is 0. The molecule has 0 aromatic heterocycles. The van der Waals surface area contributed by atoms with E-state index in [0.717, 1.165) is 0 Å². The normalized spacial score (nSPS) is 98.7. The summed E-state index contributed by atoms with van der Waals surface area (Å²) in [5.74, 6) is 0. The molecule has 1 aliphatic heterocycles. The molecule has 0 saturated carbocycles. The molecule has 1 unspecified atom stereocenters. The van der Waals surface area contributed by atoms with Gasteiger partial charge in [0.15, 0.2) is 0 Å². The van der Waals surface area contributed by atoms with Gasteiger partial charge in [-0.3, -0.25) is 0 Å². The largest absolute Gasteiger partial charge is 0.314 e. The molecule has 1 heteroatoms. The highest BCUT2D eigenvalue weighted by Gasteiger charge is 2.05. The first-order chi connectivity index (χ1) is 6.71. The number of hydrogen-bond donors (Lipinski definition) is 1. The van der Waals surface area contributed by atoms with Crippen LogP contribution in [-0.2, 0) is 0 Å². The highest BCUT2D eigenvalue weighted by Crippen LogP contribution is 2.01. The molecule has 1 rings (SSSR count). The van der Waals surface area contributed by atoms with Gasteiger partial charge in [-0.05, 0) is 26.1 Å². The van der Waals surface area contributed by atoms with Gasteiger partial charge in [0.1, 0.15) is 0 Å². The summed E-state index contributed by atoms with van der Waals surface area (Å²) < 4.78 is 72.6. The second-order valence-electron chi connectivity index (χ2n) is 0.875. The van der Waals surface area contributed by atoms with Gasteiger partial charge in [-0.15, -0.1) is 0 Å².